The highest BCUT2D eigenvalue weighted by molar-refractivity contribution is 5.95. The summed E-state index contributed by atoms with van der Waals surface area (Å²) in [4.78, 5) is 14.1. The number of aryl methyl sites for hydroxylation is 2. The number of hydrogen-bond donors (Lipinski definition) is 1. The largest absolute Gasteiger partial charge is 0.418 e. The molecule has 25 heavy (non-hydrogen) atoms. The van der Waals surface area contributed by atoms with E-state index in [-0.39, 0.29) is 12.2 Å². The van der Waals surface area contributed by atoms with Crippen molar-refractivity contribution >= 4 is 17.3 Å². The van der Waals surface area contributed by atoms with Gasteiger partial charge in [-0.2, -0.15) is 13.2 Å². The van der Waals surface area contributed by atoms with Crippen LogP contribution in [0.5, 0.6) is 0 Å². The number of hydrogen-bond acceptors (Lipinski definition) is 2. The van der Waals surface area contributed by atoms with Crippen molar-refractivity contribution in [2.45, 2.75) is 26.9 Å². The molecule has 0 saturated carbocycles. The number of para-hydroxylation sites is 1. The summed E-state index contributed by atoms with van der Waals surface area (Å²) in [5, 5.41) is 2.38. The van der Waals surface area contributed by atoms with Gasteiger partial charge in [0.05, 0.1) is 17.8 Å². The molecule has 0 atom stereocenters. The third kappa shape index (κ3) is 4.75. The number of nitrogens with zero attached hydrogens (tertiary/aromatic N) is 1. The summed E-state index contributed by atoms with van der Waals surface area (Å²) in [5.41, 5.74) is 1.95. The molecule has 1 N–H and O–H groups in total. The van der Waals surface area contributed by atoms with E-state index in [4.69, 9.17) is 0 Å². The average Bonchev–Trinajstić information content (AvgIpc) is 2.52. The van der Waals surface area contributed by atoms with Gasteiger partial charge < -0.3 is 10.2 Å². The maximum absolute atomic E-state index is 13.0. The van der Waals surface area contributed by atoms with Gasteiger partial charge >= 0.3 is 6.18 Å². The molecule has 1 amide bonds. The molecule has 0 bridgehead atoms. The Bertz CT molecular complexity index is 757. The van der Waals surface area contributed by atoms with Crippen LogP contribution in [-0.4, -0.2) is 19.0 Å². The Balaban J connectivity index is 2.16. The van der Waals surface area contributed by atoms with Crippen molar-refractivity contribution in [2.24, 2.45) is 0 Å². The fourth-order valence-corrected chi connectivity index (χ4v) is 2.73. The number of nitrogens with one attached hydrogen (secondary N) is 1. The molecule has 0 fully saturated rings. The first-order valence-corrected chi connectivity index (χ1v) is 8.00. The van der Waals surface area contributed by atoms with Crippen LogP contribution in [0.15, 0.2) is 42.5 Å². The fourth-order valence-electron chi connectivity index (χ4n) is 2.73. The quantitative estimate of drug-likeness (QED) is 0.841. The van der Waals surface area contributed by atoms with Crippen LogP contribution in [0.25, 0.3) is 0 Å². The fraction of sp³-hybridized carbons (Fsp3) is 0.316. The highest BCUT2D eigenvalue weighted by Gasteiger charge is 2.33. The lowest BCUT2D eigenvalue weighted by Crippen LogP contribution is -2.34. The normalized spacial score (nSPS) is 11.3. The molecular formula is C19H21F3N2O. The van der Waals surface area contributed by atoms with Gasteiger partial charge in [0, 0.05) is 12.2 Å². The summed E-state index contributed by atoms with van der Waals surface area (Å²) in [7, 11) is 0. The molecular weight excluding hydrogens is 329 g/mol. The van der Waals surface area contributed by atoms with Crippen molar-refractivity contribution in [2.75, 3.05) is 23.3 Å². The SMILES string of the molecule is CCN(CC(=O)Nc1ccccc1C(F)(F)F)c1ccc(C)cc1C. The molecule has 0 aromatic heterocycles. The first kappa shape index (κ1) is 18.8. The van der Waals surface area contributed by atoms with Crippen LogP contribution in [0.1, 0.15) is 23.6 Å². The minimum absolute atomic E-state index is 0.0212. The number of alkyl halides is 3. The Labute approximate surface area is 145 Å². The van der Waals surface area contributed by atoms with Gasteiger partial charge in [-0.25, -0.2) is 0 Å². The Morgan fingerprint density at radius 2 is 1.80 bits per heavy atom. The lowest BCUT2D eigenvalue weighted by atomic mass is 10.1. The molecule has 6 heteroatoms. The Morgan fingerprint density at radius 1 is 1.12 bits per heavy atom. The minimum atomic E-state index is -4.51. The van der Waals surface area contributed by atoms with Crippen LogP contribution in [0.3, 0.4) is 0 Å². The highest BCUT2D eigenvalue weighted by atomic mass is 19.4. The molecule has 0 aliphatic heterocycles. The smallest absolute Gasteiger partial charge is 0.362 e. The zero-order chi connectivity index (χ0) is 18.6. The van der Waals surface area contributed by atoms with Crippen LogP contribution in [0.2, 0.25) is 0 Å². The second-order valence-corrected chi connectivity index (χ2v) is 5.90. The molecule has 3 nitrogen and oxygen atoms in total. The first-order chi connectivity index (χ1) is 11.7. The van der Waals surface area contributed by atoms with Gasteiger partial charge in [-0.1, -0.05) is 29.8 Å². The van der Waals surface area contributed by atoms with Crippen LogP contribution in [-0.2, 0) is 11.0 Å². The monoisotopic (exact) mass is 350 g/mol. The summed E-state index contributed by atoms with van der Waals surface area (Å²) < 4.78 is 39.1. The van der Waals surface area contributed by atoms with Gasteiger partial charge in [0.2, 0.25) is 5.91 Å². The van der Waals surface area contributed by atoms with Gasteiger partial charge in [0.15, 0.2) is 0 Å². The van der Waals surface area contributed by atoms with Crippen LogP contribution in [0.4, 0.5) is 24.5 Å². The molecule has 0 unspecified atom stereocenters. The molecule has 0 aliphatic rings. The van der Waals surface area contributed by atoms with E-state index < -0.39 is 17.6 Å². The third-order valence-corrected chi connectivity index (χ3v) is 3.92. The van der Waals surface area contributed by atoms with Gasteiger partial charge in [-0.3, -0.25) is 4.79 Å². The van der Waals surface area contributed by atoms with E-state index in [1.807, 2.05) is 43.9 Å². The van der Waals surface area contributed by atoms with E-state index in [0.29, 0.717) is 6.54 Å². The van der Waals surface area contributed by atoms with Crippen molar-refractivity contribution in [3.05, 3.63) is 59.2 Å². The lowest BCUT2D eigenvalue weighted by Gasteiger charge is -2.25. The number of benzene rings is 2. The molecule has 0 radical (unpaired) electrons. The van der Waals surface area contributed by atoms with Crippen molar-refractivity contribution in [3.8, 4) is 0 Å². The van der Waals surface area contributed by atoms with Gasteiger partial charge in [-0.05, 0) is 44.5 Å². The molecule has 0 heterocycles. The van der Waals surface area contributed by atoms with Crippen molar-refractivity contribution < 1.29 is 18.0 Å². The van der Waals surface area contributed by atoms with Gasteiger partial charge in [0.1, 0.15) is 0 Å². The molecule has 134 valence electrons. The molecule has 2 aromatic rings. The van der Waals surface area contributed by atoms with Gasteiger partial charge in [0.25, 0.3) is 0 Å². The molecule has 0 aliphatic carbocycles. The first-order valence-electron chi connectivity index (χ1n) is 8.00. The number of halogens is 3. The Kier molecular flexibility index (Phi) is 5.72. The van der Waals surface area contributed by atoms with E-state index >= 15 is 0 Å². The second-order valence-electron chi connectivity index (χ2n) is 5.90. The Hall–Kier alpha value is -2.50. The number of likely N-dealkylation sites (N-methyl/N-ethyl adjacent to an activating group) is 1. The summed E-state index contributed by atoms with van der Waals surface area (Å²) in [6.07, 6.45) is -4.51. The molecule has 0 saturated heterocycles. The standard InChI is InChI=1S/C19H21F3N2O/c1-4-24(17-10-9-13(2)11-14(17)3)12-18(25)23-16-8-6-5-7-15(16)19(20,21)22/h5-11H,4,12H2,1-3H3,(H,23,25). The minimum Gasteiger partial charge on any atom is -0.362 e. The van der Waals surface area contributed by atoms with E-state index in [1.165, 1.54) is 18.2 Å². The van der Waals surface area contributed by atoms with Crippen molar-refractivity contribution in [3.63, 3.8) is 0 Å². The zero-order valence-electron chi connectivity index (χ0n) is 14.4. The number of anilines is 2. The molecule has 2 rings (SSSR count). The van der Waals surface area contributed by atoms with E-state index in [2.05, 4.69) is 5.32 Å². The lowest BCUT2D eigenvalue weighted by molar-refractivity contribution is -0.137. The summed E-state index contributed by atoms with van der Waals surface area (Å²) in [5.74, 6) is -0.487. The predicted octanol–water partition coefficient (Wildman–Crippen LogP) is 4.79. The topological polar surface area (TPSA) is 32.3 Å². The average molecular weight is 350 g/mol. The third-order valence-electron chi connectivity index (χ3n) is 3.92. The van der Waals surface area contributed by atoms with E-state index in [0.717, 1.165) is 22.9 Å². The molecule has 2 aromatic carbocycles. The summed E-state index contributed by atoms with van der Waals surface area (Å²) in [6.45, 7) is 6.37. The summed E-state index contributed by atoms with van der Waals surface area (Å²) in [6, 6.07) is 10.9. The Morgan fingerprint density at radius 3 is 2.40 bits per heavy atom. The second kappa shape index (κ2) is 7.59. The van der Waals surface area contributed by atoms with Gasteiger partial charge in [-0.15, -0.1) is 0 Å². The van der Waals surface area contributed by atoms with Crippen LogP contribution < -0.4 is 10.2 Å². The van der Waals surface area contributed by atoms with E-state index in [9.17, 15) is 18.0 Å². The summed E-state index contributed by atoms with van der Waals surface area (Å²) >= 11 is 0. The number of carbonyl (C=O) groups excluding carboxylic acids is 1. The number of rotatable bonds is 5. The number of amides is 1. The highest BCUT2D eigenvalue weighted by Crippen LogP contribution is 2.34. The molecule has 0 spiro atoms. The van der Waals surface area contributed by atoms with Crippen LogP contribution in [0, 0.1) is 13.8 Å². The zero-order valence-corrected chi connectivity index (χ0v) is 14.4. The maximum Gasteiger partial charge on any atom is 0.418 e. The van der Waals surface area contributed by atoms with Crippen molar-refractivity contribution in [1.82, 2.24) is 0 Å². The van der Waals surface area contributed by atoms with Crippen molar-refractivity contribution in [1.29, 1.82) is 0 Å². The van der Waals surface area contributed by atoms with E-state index in [1.54, 1.807) is 0 Å². The van der Waals surface area contributed by atoms with Crippen LogP contribution >= 0.6 is 0 Å². The number of carbonyl (C=O) groups is 1. The maximum atomic E-state index is 13.0. The predicted molar refractivity (Wildman–Crippen MR) is 93.9 cm³/mol.